The summed E-state index contributed by atoms with van der Waals surface area (Å²) in [5.74, 6) is -0.0157. The largest absolute Gasteiger partial charge is 0.402 e. The van der Waals surface area contributed by atoms with Crippen molar-refractivity contribution in [1.82, 2.24) is 9.97 Å². The molecule has 6 nitrogen and oxygen atoms in total. The van der Waals surface area contributed by atoms with E-state index in [2.05, 4.69) is 9.97 Å². The lowest BCUT2D eigenvalue weighted by atomic mass is 9.85. The molecule has 0 saturated carbocycles. The van der Waals surface area contributed by atoms with E-state index in [1.807, 2.05) is 39.0 Å². The van der Waals surface area contributed by atoms with Gasteiger partial charge in [0.2, 0.25) is 5.91 Å². The SMILES string of the molecule is CC(N)=CC(=O)N1C(=O)C(C)(C)c2ccc(-c3cnc(C)nc3)cc21. The molecular weight excluding hydrogens is 316 g/mol. The number of aromatic nitrogens is 2. The third-order valence-electron chi connectivity index (χ3n) is 4.34. The minimum absolute atomic E-state index is 0.262. The maximum absolute atomic E-state index is 12.8. The first-order valence-corrected chi connectivity index (χ1v) is 7.97. The lowest BCUT2D eigenvalue weighted by Gasteiger charge is -2.17. The van der Waals surface area contributed by atoms with Crippen LogP contribution < -0.4 is 10.6 Å². The van der Waals surface area contributed by atoms with Gasteiger partial charge in [-0.1, -0.05) is 12.1 Å². The number of carbonyl (C=O) groups excluding carboxylic acids is 2. The summed E-state index contributed by atoms with van der Waals surface area (Å²) < 4.78 is 0. The molecule has 0 saturated heterocycles. The average Bonchev–Trinajstić information content (AvgIpc) is 2.74. The number of nitrogens with zero attached hydrogens (tertiary/aromatic N) is 3. The molecule has 3 rings (SSSR count). The highest BCUT2D eigenvalue weighted by Crippen LogP contribution is 2.43. The molecule has 0 aliphatic carbocycles. The van der Waals surface area contributed by atoms with Gasteiger partial charge in [0.1, 0.15) is 5.82 Å². The van der Waals surface area contributed by atoms with Gasteiger partial charge in [0.15, 0.2) is 0 Å². The van der Waals surface area contributed by atoms with Crippen molar-refractivity contribution in [2.75, 3.05) is 4.90 Å². The van der Waals surface area contributed by atoms with Crippen LogP contribution in [-0.4, -0.2) is 21.8 Å². The van der Waals surface area contributed by atoms with Crippen molar-refractivity contribution >= 4 is 17.5 Å². The number of hydrogen-bond acceptors (Lipinski definition) is 5. The molecule has 1 aromatic heterocycles. The molecule has 25 heavy (non-hydrogen) atoms. The summed E-state index contributed by atoms with van der Waals surface area (Å²) in [7, 11) is 0. The first-order chi connectivity index (χ1) is 11.7. The third-order valence-corrected chi connectivity index (χ3v) is 4.34. The summed E-state index contributed by atoms with van der Waals surface area (Å²) in [6.07, 6.45) is 4.72. The third kappa shape index (κ3) is 2.80. The Morgan fingerprint density at radius 1 is 1.20 bits per heavy atom. The molecule has 2 aromatic rings. The van der Waals surface area contributed by atoms with Crippen LogP contribution in [0.25, 0.3) is 11.1 Å². The van der Waals surface area contributed by atoms with Crippen LogP contribution in [0.1, 0.15) is 32.2 Å². The number of imide groups is 1. The number of amides is 2. The van der Waals surface area contributed by atoms with E-state index < -0.39 is 11.3 Å². The zero-order chi connectivity index (χ0) is 18.4. The molecule has 1 aromatic carbocycles. The van der Waals surface area contributed by atoms with E-state index in [1.54, 1.807) is 19.3 Å². The van der Waals surface area contributed by atoms with Gasteiger partial charge in [0, 0.05) is 29.7 Å². The molecule has 1 aliphatic heterocycles. The van der Waals surface area contributed by atoms with Gasteiger partial charge >= 0.3 is 0 Å². The number of rotatable bonds is 2. The predicted molar refractivity (Wildman–Crippen MR) is 95.7 cm³/mol. The Morgan fingerprint density at radius 3 is 2.44 bits per heavy atom. The second-order valence-electron chi connectivity index (χ2n) is 6.74. The van der Waals surface area contributed by atoms with Crippen molar-refractivity contribution in [3.63, 3.8) is 0 Å². The molecule has 2 heterocycles. The highest BCUT2D eigenvalue weighted by atomic mass is 16.2. The van der Waals surface area contributed by atoms with Gasteiger partial charge < -0.3 is 5.73 Å². The number of benzene rings is 1. The minimum Gasteiger partial charge on any atom is -0.402 e. The van der Waals surface area contributed by atoms with Crippen molar-refractivity contribution in [2.24, 2.45) is 5.73 Å². The lowest BCUT2D eigenvalue weighted by Crippen LogP contribution is -2.39. The second-order valence-corrected chi connectivity index (χ2v) is 6.74. The Labute approximate surface area is 146 Å². The van der Waals surface area contributed by atoms with Crippen molar-refractivity contribution in [1.29, 1.82) is 0 Å². The van der Waals surface area contributed by atoms with Crippen LogP contribution in [0.15, 0.2) is 42.4 Å². The van der Waals surface area contributed by atoms with E-state index in [9.17, 15) is 9.59 Å². The molecule has 0 fully saturated rings. The van der Waals surface area contributed by atoms with Crippen molar-refractivity contribution < 1.29 is 9.59 Å². The molecule has 2 amide bonds. The lowest BCUT2D eigenvalue weighted by molar-refractivity contribution is -0.126. The summed E-state index contributed by atoms with van der Waals surface area (Å²) in [5, 5.41) is 0. The van der Waals surface area contributed by atoms with Gasteiger partial charge in [-0.3, -0.25) is 9.59 Å². The molecule has 0 radical (unpaired) electrons. The van der Waals surface area contributed by atoms with E-state index in [0.717, 1.165) is 16.7 Å². The summed E-state index contributed by atoms with van der Waals surface area (Å²) in [5.41, 5.74) is 8.25. The molecule has 128 valence electrons. The van der Waals surface area contributed by atoms with Crippen molar-refractivity contribution in [2.45, 2.75) is 33.1 Å². The van der Waals surface area contributed by atoms with Crippen molar-refractivity contribution in [3.8, 4) is 11.1 Å². The van der Waals surface area contributed by atoms with E-state index in [0.29, 0.717) is 17.2 Å². The molecule has 0 atom stereocenters. The molecular formula is C19H20N4O2. The van der Waals surface area contributed by atoms with Crippen LogP contribution >= 0.6 is 0 Å². The average molecular weight is 336 g/mol. The van der Waals surface area contributed by atoms with Gasteiger partial charge in [-0.05, 0) is 44.9 Å². The Hall–Kier alpha value is -3.02. The summed E-state index contributed by atoms with van der Waals surface area (Å²) in [6.45, 7) is 7.06. The van der Waals surface area contributed by atoms with Crippen LogP contribution in [0.5, 0.6) is 0 Å². The summed E-state index contributed by atoms with van der Waals surface area (Å²) >= 11 is 0. The van der Waals surface area contributed by atoms with E-state index in [4.69, 9.17) is 5.73 Å². The second kappa shape index (κ2) is 5.81. The van der Waals surface area contributed by atoms with Crippen LogP contribution in [0.2, 0.25) is 0 Å². The zero-order valence-electron chi connectivity index (χ0n) is 14.7. The van der Waals surface area contributed by atoms with Crippen LogP contribution in [-0.2, 0) is 15.0 Å². The van der Waals surface area contributed by atoms with Crippen LogP contribution in [0.3, 0.4) is 0 Å². The quantitative estimate of drug-likeness (QED) is 0.851. The molecule has 2 N–H and O–H groups in total. The Balaban J connectivity index is 2.14. The number of anilines is 1. The molecule has 0 unspecified atom stereocenters. The fourth-order valence-electron chi connectivity index (χ4n) is 2.95. The number of allylic oxidation sites excluding steroid dienone is 1. The number of nitrogens with two attached hydrogens (primary N) is 1. The van der Waals surface area contributed by atoms with E-state index >= 15 is 0 Å². The highest BCUT2D eigenvalue weighted by Gasteiger charge is 2.46. The predicted octanol–water partition coefficient (Wildman–Crippen LogP) is 2.47. The molecule has 0 bridgehead atoms. The number of aryl methyl sites for hydroxylation is 1. The van der Waals surface area contributed by atoms with E-state index in [-0.39, 0.29) is 5.91 Å². The molecule has 0 spiro atoms. The highest BCUT2D eigenvalue weighted by molar-refractivity contribution is 6.25. The number of fused-ring (bicyclic) bond motifs is 1. The normalized spacial score (nSPS) is 16.1. The zero-order valence-corrected chi connectivity index (χ0v) is 14.7. The Kier molecular flexibility index (Phi) is 3.91. The van der Waals surface area contributed by atoms with Gasteiger partial charge in [-0.2, -0.15) is 0 Å². The standard InChI is InChI=1S/C19H20N4O2/c1-11(20)7-17(24)23-16-8-13(14-9-21-12(2)22-10-14)5-6-15(16)19(3,4)18(23)25/h5-10H,20H2,1-4H3. The summed E-state index contributed by atoms with van der Waals surface area (Å²) in [4.78, 5) is 34.9. The fraction of sp³-hybridized carbons (Fsp3) is 0.263. The van der Waals surface area contributed by atoms with Gasteiger partial charge in [0.25, 0.3) is 5.91 Å². The maximum atomic E-state index is 12.8. The van der Waals surface area contributed by atoms with Crippen LogP contribution in [0, 0.1) is 6.92 Å². The van der Waals surface area contributed by atoms with Crippen LogP contribution in [0.4, 0.5) is 5.69 Å². The fourth-order valence-corrected chi connectivity index (χ4v) is 2.95. The number of carbonyl (C=O) groups is 2. The Bertz CT molecular complexity index is 894. The van der Waals surface area contributed by atoms with Gasteiger partial charge in [-0.25, -0.2) is 14.9 Å². The van der Waals surface area contributed by atoms with Gasteiger partial charge in [0.05, 0.1) is 11.1 Å². The minimum atomic E-state index is -0.774. The number of hydrogen-bond donors (Lipinski definition) is 1. The Morgan fingerprint density at radius 2 is 1.84 bits per heavy atom. The first-order valence-electron chi connectivity index (χ1n) is 7.97. The van der Waals surface area contributed by atoms with Crippen molar-refractivity contribution in [3.05, 3.63) is 53.8 Å². The smallest absolute Gasteiger partial charge is 0.259 e. The maximum Gasteiger partial charge on any atom is 0.259 e. The summed E-state index contributed by atoms with van der Waals surface area (Å²) in [6, 6.07) is 5.63. The van der Waals surface area contributed by atoms with Gasteiger partial charge in [-0.15, -0.1) is 0 Å². The molecule has 6 heteroatoms. The first kappa shape index (κ1) is 16.8. The van der Waals surface area contributed by atoms with E-state index in [1.165, 1.54) is 11.0 Å². The monoisotopic (exact) mass is 336 g/mol. The topological polar surface area (TPSA) is 89.2 Å². The molecule has 1 aliphatic rings.